The molecule has 0 aromatic heterocycles. The summed E-state index contributed by atoms with van der Waals surface area (Å²) in [5, 5.41) is 4.87. The van der Waals surface area contributed by atoms with Crippen LogP contribution in [-0.2, 0) is 0 Å². The van der Waals surface area contributed by atoms with Crippen molar-refractivity contribution in [2.24, 2.45) is 0 Å². The molecule has 0 spiro atoms. The van der Waals surface area contributed by atoms with Gasteiger partial charge in [-0.05, 0) is 12.1 Å². The Labute approximate surface area is 93.0 Å². The van der Waals surface area contributed by atoms with Gasteiger partial charge in [0, 0.05) is 16.6 Å². The molecule has 1 aromatic carbocycles. The molecule has 2 N–H and O–H groups in total. The van der Waals surface area contributed by atoms with Crippen molar-refractivity contribution in [3.63, 3.8) is 0 Å². The predicted molar refractivity (Wildman–Crippen MR) is 53.3 cm³/mol. The summed E-state index contributed by atoms with van der Waals surface area (Å²) in [5.74, 6) is -1.34. The Kier molecular flexibility index (Phi) is 2.60. The Morgan fingerprint density at radius 1 is 1.33 bits per heavy atom. The fraction of sp³-hybridized carbons (Fsp3) is 0.222. The van der Waals surface area contributed by atoms with Crippen molar-refractivity contribution < 1.29 is 13.6 Å². The highest BCUT2D eigenvalue weighted by atomic mass is 79.9. The van der Waals surface area contributed by atoms with Crippen LogP contribution in [-0.4, -0.2) is 12.6 Å². The Morgan fingerprint density at radius 2 is 1.93 bits per heavy atom. The van der Waals surface area contributed by atoms with E-state index in [4.69, 9.17) is 0 Å². The molecule has 0 bridgehead atoms. The lowest BCUT2D eigenvalue weighted by molar-refractivity contribution is 0.247. The van der Waals surface area contributed by atoms with Crippen molar-refractivity contribution in [1.82, 2.24) is 10.6 Å². The number of rotatable bonds is 1. The first kappa shape index (κ1) is 10.4. The molecular weight excluding hydrogens is 270 g/mol. The molecule has 1 saturated heterocycles. The van der Waals surface area contributed by atoms with Gasteiger partial charge in [-0.1, -0.05) is 15.9 Å². The van der Waals surface area contributed by atoms with Gasteiger partial charge >= 0.3 is 6.03 Å². The van der Waals surface area contributed by atoms with Crippen molar-refractivity contribution in [2.75, 3.05) is 6.54 Å². The summed E-state index contributed by atoms with van der Waals surface area (Å²) >= 11 is 2.98. The molecule has 0 aliphatic carbocycles. The minimum atomic E-state index is -0.670. The molecular formula is C9H7BrF2N2O. The first-order chi connectivity index (χ1) is 7.08. The summed E-state index contributed by atoms with van der Waals surface area (Å²) < 4.78 is 27.2. The lowest BCUT2D eigenvalue weighted by atomic mass is 10.1. The molecule has 0 unspecified atom stereocenters. The normalized spacial score (nSPS) is 19.9. The van der Waals surface area contributed by atoms with Crippen LogP contribution in [0.4, 0.5) is 13.6 Å². The highest BCUT2D eigenvalue weighted by Gasteiger charge is 2.27. The number of amides is 2. The second-order valence-electron chi connectivity index (χ2n) is 3.19. The van der Waals surface area contributed by atoms with E-state index >= 15 is 0 Å². The van der Waals surface area contributed by atoms with Crippen molar-refractivity contribution >= 4 is 22.0 Å². The molecule has 1 atom stereocenters. The van der Waals surface area contributed by atoms with Crippen LogP contribution in [0.15, 0.2) is 16.6 Å². The number of carbonyl (C=O) groups excluding carboxylic acids is 1. The minimum absolute atomic E-state index is 0.114. The second-order valence-corrected chi connectivity index (χ2v) is 4.11. The smallest absolute Gasteiger partial charge is 0.315 e. The van der Waals surface area contributed by atoms with E-state index in [0.717, 1.165) is 0 Å². The van der Waals surface area contributed by atoms with Crippen LogP contribution in [0.3, 0.4) is 0 Å². The van der Waals surface area contributed by atoms with Gasteiger partial charge in [0.25, 0.3) is 0 Å². The van der Waals surface area contributed by atoms with Crippen molar-refractivity contribution in [3.05, 3.63) is 33.8 Å². The average Bonchev–Trinajstić information content (AvgIpc) is 2.49. The first-order valence-corrected chi connectivity index (χ1v) is 5.06. The number of hydrogen-bond donors (Lipinski definition) is 2. The van der Waals surface area contributed by atoms with Gasteiger partial charge in [-0.25, -0.2) is 13.6 Å². The largest absolute Gasteiger partial charge is 0.336 e. The molecule has 1 fully saturated rings. The Balaban J connectivity index is 2.39. The van der Waals surface area contributed by atoms with E-state index in [2.05, 4.69) is 26.6 Å². The predicted octanol–water partition coefficient (Wildman–Crippen LogP) is 2.08. The molecule has 2 amide bonds. The Morgan fingerprint density at radius 3 is 2.40 bits per heavy atom. The lowest BCUT2D eigenvalue weighted by Crippen LogP contribution is -2.22. The number of halogens is 3. The van der Waals surface area contributed by atoms with Crippen LogP contribution in [0.25, 0.3) is 0 Å². The number of carbonyl (C=O) groups is 1. The summed E-state index contributed by atoms with van der Waals surface area (Å²) in [4.78, 5) is 10.8. The maximum atomic E-state index is 13.4. The number of urea groups is 1. The van der Waals surface area contributed by atoms with E-state index in [1.807, 2.05) is 0 Å². The van der Waals surface area contributed by atoms with Crippen molar-refractivity contribution in [2.45, 2.75) is 6.04 Å². The van der Waals surface area contributed by atoms with E-state index < -0.39 is 23.7 Å². The van der Waals surface area contributed by atoms with Crippen LogP contribution >= 0.6 is 15.9 Å². The number of hydrogen-bond acceptors (Lipinski definition) is 1. The first-order valence-electron chi connectivity index (χ1n) is 4.26. The molecule has 0 radical (unpaired) electrons. The second kappa shape index (κ2) is 3.77. The molecule has 6 heteroatoms. The van der Waals surface area contributed by atoms with Gasteiger partial charge in [0.05, 0.1) is 6.04 Å². The van der Waals surface area contributed by atoms with E-state index in [-0.39, 0.29) is 12.1 Å². The van der Waals surface area contributed by atoms with Crippen LogP contribution in [0, 0.1) is 11.6 Å². The third kappa shape index (κ3) is 1.94. The minimum Gasteiger partial charge on any atom is -0.336 e. The van der Waals surface area contributed by atoms with Crippen LogP contribution < -0.4 is 10.6 Å². The van der Waals surface area contributed by atoms with Gasteiger partial charge in [-0.3, -0.25) is 0 Å². The molecule has 1 heterocycles. The SMILES string of the molecule is O=C1NC[C@@H](c2c(F)cc(Br)cc2F)N1. The van der Waals surface area contributed by atoms with Crippen LogP contribution in [0.2, 0.25) is 0 Å². The third-order valence-electron chi connectivity index (χ3n) is 2.16. The van der Waals surface area contributed by atoms with E-state index in [1.54, 1.807) is 0 Å². The summed E-state index contributed by atoms with van der Waals surface area (Å²) in [6.45, 7) is 0.189. The van der Waals surface area contributed by atoms with E-state index in [0.29, 0.717) is 4.47 Å². The summed E-state index contributed by atoms with van der Waals surface area (Å²) in [6, 6.07) is 1.28. The Hall–Kier alpha value is -1.17. The molecule has 3 nitrogen and oxygen atoms in total. The molecule has 1 aromatic rings. The maximum Gasteiger partial charge on any atom is 0.315 e. The highest BCUT2D eigenvalue weighted by molar-refractivity contribution is 9.10. The van der Waals surface area contributed by atoms with Gasteiger partial charge in [0.1, 0.15) is 11.6 Å². The molecule has 15 heavy (non-hydrogen) atoms. The monoisotopic (exact) mass is 276 g/mol. The highest BCUT2D eigenvalue weighted by Crippen LogP contribution is 2.25. The number of benzene rings is 1. The standard InChI is InChI=1S/C9H7BrF2N2O/c10-4-1-5(11)8(6(12)2-4)7-3-13-9(15)14-7/h1-2,7H,3H2,(H2,13,14,15)/t7-/m0/s1. The topological polar surface area (TPSA) is 41.1 Å². The molecule has 0 saturated carbocycles. The zero-order valence-corrected chi connectivity index (χ0v) is 9.07. The van der Waals surface area contributed by atoms with E-state index in [9.17, 15) is 13.6 Å². The fourth-order valence-electron chi connectivity index (χ4n) is 1.52. The average molecular weight is 277 g/mol. The van der Waals surface area contributed by atoms with Gasteiger partial charge in [0.2, 0.25) is 0 Å². The van der Waals surface area contributed by atoms with Gasteiger partial charge < -0.3 is 10.6 Å². The van der Waals surface area contributed by atoms with E-state index in [1.165, 1.54) is 12.1 Å². The zero-order chi connectivity index (χ0) is 11.0. The quantitative estimate of drug-likeness (QED) is 0.810. The maximum absolute atomic E-state index is 13.4. The molecule has 1 aliphatic heterocycles. The van der Waals surface area contributed by atoms with Gasteiger partial charge in [0.15, 0.2) is 0 Å². The molecule has 2 rings (SSSR count). The van der Waals surface area contributed by atoms with Gasteiger partial charge in [-0.2, -0.15) is 0 Å². The molecule has 80 valence electrons. The van der Waals surface area contributed by atoms with Crippen molar-refractivity contribution in [1.29, 1.82) is 0 Å². The third-order valence-corrected chi connectivity index (χ3v) is 2.62. The lowest BCUT2D eigenvalue weighted by Gasteiger charge is -2.11. The Bertz CT molecular complexity index is 402. The van der Waals surface area contributed by atoms with Crippen molar-refractivity contribution in [3.8, 4) is 0 Å². The summed E-state index contributed by atoms with van der Waals surface area (Å²) in [6.07, 6.45) is 0. The van der Waals surface area contributed by atoms with Crippen LogP contribution in [0.1, 0.15) is 11.6 Å². The summed E-state index contributed by atoms with van der Waals surface area (Å²) in [5.41, 5.74) is -0.114. The van der Waals surface area contributed by atoms with Gasteiger partial charge in [-0.15, -0.1) is 0 Å². The van der Waals surface area contributed by atoms with Crippen LogP contribution in [0.5, 0.6) is 0 Å². The molecule has 1 aliphatic rings. The zero-order valence-electron chi connectivity index (χ0n) is 7.48. The number of nitrogens with one attached hydrogen (secondary N) is 2. The fourth-order valence-corrected chi connectivity index (χ4v) is 1.92. The summed E-state index contributed by atoms with van der Waals surface area (Å²) in [7, 11) is 0.